The van der Waals surface area contributed by atoms with E-state index in [2.05, 4.69) is 30.0 Å². The number of hydrogen-bond donors (Lipinski definition) is 1. The van der Waals surface area contributed by atoms with Gasteiger partial charge in [0.05, 0.1) is 0 Å². The highest BCUT2D eigenvalue weighted by molar-refractivity contribution is 5.57. The predicted molar refractivity (Wildman–Crippen MR) is 72.5 cm³/mol. The van der Waals surface area contributed by atoms with Gasteiger partial charge in [-0.3, -0.25) is 0 Å². The smallest absolute Gasteiger partial charge is 0.0401 e. The molecule has 3 rings (SSSR count). The fraction of sp³-hybridized carbons (Fsp3) is 0.600. The van der Waals surface area contributed by atoms with Crippen LogP contribution in [0.25, 0.3) is 0 Å². The van der Waals surface area contributed by atoms with Crippen molar-refractivity contribution in [3.05, 3.63) is 29.3 Å². The molecule has 1 aromatic rings. The van der Waals surface area contributed by atoms with Crippen molar-refractivity contribution in [1.82, 2.24) is 0 Å². The Bertz CT molecular complexity index is 413. The van der Waals surface area contributed by atoms with Crippen molar-refractivity contribution >= 4 is 5.69 Å². The Morgan fingerprint density at radius 3 is 2.94 bits per heavy atom. The van der Waals surface area contributed by atoms with Crippen molar-refractivity contribution in [3.8, 4) is 0 Å². The summed E-state index contributed by atoms with van der Waals surface area (Å²) in [5.74, 6) is 0. The highest BCUT2D eigenvalue weighted by Crippen LogP contribution is 2.34. The van der Waals surface area contributed by atoms with E-state index in [1.807, 2.05) is 0 Å². The van der Waals surface area contributed by atoms with Crippen molar-refractivity contribution in [3.63, 3.8) is 0 Å². The van der Waals surface area contributed by atoms with Gasteiger partial charge in [-0.15, -0.1) is 0 Å². The number of hydrogen-bond acceptors (Lipinski definition) is 2. The van der Waals surface area contributed by atoms with E-state index in [0.29, 0.717) is 12.1 Å². The summed E-state index contributed by atoms with van der Waals surface area (Å²) in [5.41, 5.74) is 10.4. The molecule has 2 unspecified atom stereocenters. The van der Waals surface area contributed by atoms with E-state index in [1.54, 1.807) is 0 Å². The minimum absolute atomic E-state index is 0.427. The van der Waals surface area contributed by atoms with Crippen LogP contribution in [0.2, 0.25) is 0 Å². The Hall–Kier alpha value is -1.02. The molecule has 2 N–H and O–H groups in total. The van der Waals surface area contributed by atoms with Crippen molar-refractivity contribution in [2.24, 2.45) is 5.73 Å². The monoisotopic (exact) mass is 230 g/mol. The molecular weight excluding hydrogens is 208 g/mol. The number of aryl methyl sites for hydroxylation is 2. The Labute approximate surface area is 104 Å². The van der Waals surface area contributed by atoms with E-state index in [9.17, 15) is 0 Å². The van der Waals surface area contributed by atoms with Gasteiger partial charge in [0, 0.05) is 24.3 Å². The van der Waals surface area contributed by atoms with Crippen LogP contribution >= 0.6 is 0 Å². The van der Waals surface area contributed by atoms with Crippen LogP contribution < -0.4 is 10.6 Å². The maximum Gasteiger partial charge on any atom is 0.0401 e. The van der Waals surface area contributed by atoms with Crippen molar-refractivity contribution in [1.29, 1.82) is 0 Å². The second kappa shape index (κ2) is 4.34. The first-order valence-corrected chi connectivity index (χ1v) is 6.86. The van der Waals surface area contributed by atoms with Gasteiger partial charge in [-0.1, -0.05) is 17.7 Å². The highest BCUT2D eigenvalue weighted by atomic mass is 15.2. The molecule has 1 aliphatic carbocycles. The zero-order valence-corrected chi connectivity index (χ0v) is 10.7. The molecule has 0 amide bonds. The number of nitrogens with two attached hydrogens (primary N) is 1. The Morgan fingerprint density at radius 2 is 2.18 bits per heavy atom. The topological polar surface area (TPSA) is 29.3 Å². The third kappa shape index (κ3) is 2.06. The predicted octanol–water partition coefficient (Wildman–Crippen LogP) is 2.63. The van der Waals surface area contributed by atoms with Crippen LogP contribution in [0.1, 0.15) is 36.8 Å². The molecule has 1 aromatic carbocycles. The summed E-state index contributed by atoms with van der Waals surface area (Å²) in [5, 5.41) is 0. The van der Waals surface area contributed by atoms with E-state index in [1.165, 1.54) is 55.5 Å². The molecule has 1 heterocycles. The summed E-state index contributed by atoms with van der Waals surface area (Å²) in [6.45, 7) is 3.40. The molecule has 1 aliphatic heterocycles. The lowest BCUT2D eigenvalue weighted by Gasteiger charge is -2.36. The van der Waals surface area contributed by atoms with Gasteiger partial charge in [0.1, 0.15) is 0 Å². The van der Waals surface area contributed by atoms with Crippen LogP contribution in [0.15, 0.2) is 18.2 Å². The fourth-order valence-electron chi connectivity index (χ4n) is 3.41. The van der Waals surface area contributed by atoms with Crippen LogP contribution in [0.4, 0.5) is 5.69 Å². The van der Waals surface area contributed by atoms with Crippen LogP contribution in [0, 0.1) is 6.92 Å². The SMILES string of the molecule is Cc1ccc2c(c1)CCCN2C1CCC(N)C1. The second-order valence-electron chi connectivity index (χ2n) is 5.66. The number of fused-ring (bicyclic) bond motifs is 1. The first-order valence-electron chi connectivity index (χ1n) is 6.86. The lowest BCUT2D eigenvalue weighted by Crippen LogP contribution is -2.38. The Morgan fingerprint density at radius 1 is 1.29 bits per heavy atom. The maximum absolute atomic E-state index is 6.05. The zero-order valence-electron chi connectivity index (χ0n) is 10.7. The fourth-order valence-corrected chi connectivity index (χ4v) is 3.41. The molecule has 92 valence electrons. The van der Waals surface area contributed by atoms with Crippen molar-refractivity contribution in [2.45, 2.75) is 51.1 Å². The molecule has 2 nitrogen and oxygen atoms in total. The lowest BCUT2D eigenvalue weighted by atomic mass is 9.97. The molecule has 0 aromatic heterocycles. The molecule has 0 radical (unpaired) electrons. The molecule has 0 bridgehead atoms. The summed E-state index contributed by atoms with van der Waals surface area (Å²) in [6, 6.07) is 8.03. The average molecular weight is 230 g/mol. The average Bonchev–Trinajstić information content (AvgIpc) is 2.74. The standard InChI is InChI=1S/C15H22N2/c1-11-4-7-15-12(9-11)3-2-8-17(15)14-6-5-13(16)10-14/h4,7,9,13-14H,2-3,5-6,8,10,16H2,1H3. The number of anilines is 1. The van der Waals surface area contributed by atoms with Gasteiger partial charge in [-0.25, -0.2) is 0 Å². The highest BCUT2D eigenvalue weighted by Gasteiger charge is 2.29. The number of rotatable bonds is 1. The lowest BCUT2D eigenvalue weighted by molar-refractivity contribution is 0.563. The van der Waals surface area contributed by atoms with Crippen molar-refractivity contribution in [2.75, 3.05) is 11.4 Å². The molecular formula is C15H22N2. The summed E-state index contributed by atoms with van der Waals surface area (Å²) >= 11 is 0. The summed E-state index contributed by atoms with van der Waals surface area (Å²) in [4.78, 5) is 2.62. The quantitative estimate of drug-likeness (QED) is 0.803. The van der Waals surface area contributed by atoms with Gasteiger partial charge >= 0.3 is 0 Å². The van der Waals surface area contributed by atoms with Crippen LogP contribution in [0.3, 0.4) is 0 Å². The van der Waals surface area contributed by atoms with Gasteiger partial charge in [0.2, 0.25) is 0 Å². The zero-order chi connectivity index (χ0) is 11.8. The van der Waals surface area contributed by atoms with Crippen LogP contribution in [-0.4, -0.2) is 18.6 Å². The van der Waals surface area contributed by atoms with Crippen LogP contribution in [-0.2, 0) is 6.42 Å². The normalized spacial score (nSPS) is 28.2. The van der Waals surface area contributed by atoms with Gasteiger partial charge in [0.25, 0.3) is 0 Å². The second-order valence-corrected chi connectivity index (χ2v) is 5.66. The summed E-state index contributed by atoms with van der Waals surface area (Å²) in [6.07, 6.45) is 6.18. The van der Waals surface area contributed by atoms with Gasteiger partial charge in [0.15, 0.2) is 0 Å². The Kier molecular flexibility index (Phi) is 2.83. The maximum atomic E-state index is 6.05. The first-order chi connectivity index (χ1) is 8.24. The first kappa shape index (κ1) is 11.1. The van der Waals surface area contributed by atoms with E-state index in [4.69, 9.17) is 5.73 Å². The van der Waals surface area contributed by atoms with Crippen molar-refractivity contribution < 1.29 is 0 Å². The van der Waals surface area contributed by atoms with Crippen LogP contribution in [0.5, 0.6) is 0 Å². The molecule has 0 saturated heterocycles. The third-order valence-electron chi connectivity index (χ3n) is 4.28. The van der Waals surface area contributed by atoms with E-state index in [0.717, 1.165) is 0 Å². The Balaban J connectivity index is 1.89. The van der Waals surface area contributed by atoms with E-state index < -0.39 is 0 Å². The van der Waals surface area contributed by atoms with Gasteiger partial charge in [-0.2, -0.15) is 0 Å². The number of nitrogens with zero attached hydrogens (tertiary/aromatic N) is 1. The molecule has 0 spiro atoms. The molecule has 2 aliphatic rings. The third-order valence-corrected chi connectivity index (χ3v) is 4.28. The summed E-state index contributed by atoms with van der Waals surface area (Å²) < 4.78 is 0. The number of benzene rings is 1. The molecule has 2 heteroatoms. The van der Waals surface area contributed by atoms with Gasteiger partial charge in [-0.05, 0) is 50.7 Å². The minimum atomic E-state index is 0.427. The molecule has 17 heavy (non-hydrogen) atoms. The minimum Gasteiger partial charge on any atom is -0.368 e. The van der Waals surface area contributed by atoms with Gasteiger partial charge < -0.3 is 10.6 Å². The molecule has 1 saturated carbocycles. The molecule has 2 atom stereocenters. The van der Waals surface area contributed by atoms with E-state index in [-0.39, 0.29) is 0 Å². The van der Waals surface area contributed by atoms with E-state index >= 15 is 0 Å². The summed E-state index contributed by atoms with van der Waals surface area (Å²) in [7, 11) is 0. The molecule has 1 fully saturated rings. The largest absolute Gasteiger partial charge is 0.368 e.